The van der Waals surface area contributed by atoms with Gasteiger partial charge in [-0.25, -0.2) is 9.69 Å². The fourth-order valence-electron chi connectivity index (χ4n) is 3.85. The third-order valence-corrected chi connectivity index (χ3v) is 6.19. The van der Waals surface area contributed by atoms with Gasteiger partial charge >= 0.3 is 6.03 Å². The number of carbonyl (C=O) groups is 3. The van der Waals surface area contributed by atoms with E-state index in [0.717, 1.165) is 4.90 Å². The largest absolute Gasteiger partial charge is 0.490 e. The third kappa shape index (κ3) is 5.57. The molecule has 11 heteroatoms. The number of barbiturate groups is 1. The second-order valence-electron chi connectivity index (χ2n) is 8.22. The van der Waals surface area contributed by atoms with Gasteiger partial charge in [-0.05, 0) is 70.7 Å². The highest BCUT2D eigenvalue weighted by molar-refractivity contribution is 9.10. The number of non-ortho nitro benzene ring substituents is 1. The molecule has 0 saturated carbocycles. The van der Waals surface area contributed by atoms with Gasteiger partial charge in [-0.1, -0.05) is 30.3 Å². The first-order valence-corrected chi connectivity index (χ1v) is 12.3. The number of hydrogen-bond donors (Lipinski definition) is 1. The predicted octanol–water partition coefficient (Wildman–Crippen LogP) is 5.31. The minimum absolute atomic E-state index is 0.0369. The molecule has 1 N–H and O–H groups in total. The molecule has 0 bridgehead atoms. The van der Waals surface area contributed by atoms with Crippen molar-refractivity contribution in [3.63, 3.8) is 0 Å². The van der Waals surface area contributed by atoms with Gasteiger partial charge in [0.25, 0.3) is 17.5 Å². The molecule has 0 atom stereocenters. The highest BCUT2D eigenvalue weighted by Gasteiger charge is 2.37. The van der Waals surface area contributed by atoms with Crippen LogP contribution in [0, 0.1) is 17.0 Å². The molecule has 0 aliphatic carbocycles. The van der Waals surface area contributed by atoms with Crippen LogP contribution in [0.1, 0.15) is 23.6 Å². The van der Waals surface area contributed by atoms with Crippen LogP contribution in [0.5, 0.6) is 11.5 Å². The standard InChI is InChI=1S/C27H22BrN3O7/c1-3-37-23-14-18(13-21(28)24(23)38-15-17-8-6-9-19(11-17)31(35)36)12-20-25(32)29-27(34)30(26(20)33)22-10-5-4-7-16(22)2/h4-14H,3,15H2,1-2H3,(H,29,32,34)/b20-12+. The third-order valence-electron chi connectivity index (χ3n) is 5.61. The minimum atomic E-state index is -0.826. The fourth-order valence-corrected chi connectivity index (χ4v) is 4.42. The summed E-state index contributed by atoms with van der Waals surface area (Å²) in [5.74, 6) is -0.899. The van der Waals surface area contributed by atoms with E-state index < -0.39 is 22.8 Å². The van der Waals surface area contributed by atoms with E-state index in [2.05, 4.69) is 21.2 Å². The topological polar surface area (TPSA) is 128 Å². The number of nitrogens with zero attached hydrogens (tertiary/aromatic N) is 2. The van der Waals surface area contributed by atoms with Gasteiger partial charge < -0.3 is 9.47 Å². The number of imide groups is 2. The van der Waals surface area contributed by atoms with Gasteiger partial charge in [0, 0.05) is 12.1 Å². The molecule has 0 unspecified atom stereocenters. The van der Waals surface area contributed by atoms with Crippen LogP contribution in [0.15, 0.2) is 70.7 Å². The van der Waals surface area contributed by atoms with Gasteiger partial charge in [0.2, 0.25) is 0 Å². The number of benzene rings is 3. The van der Waals surface area contributed by atoms with Crippen molar-refractivity contribution < 1.29 is 28.8 Å². The molecular formula is C27H22BrN3O7. The summed E-state index contributed by atoms with van der Waals surface area (Å²) in [6, 6.07) is 15.3. The fraction of sp³-hybridized carbons (Fsp3) is 0.148. The Hall–Kier alpha value is -4.51. The molecular weight excluding hydrogens is 558 g/mol. The van der Waals surface area contributed by atoms with E-state index in [1.807, 2.05) is 0 Å². The number of nitrogens with one attached hydrogen (secondary N) is 1. The summed E-state index contributed by atoms with van der Waals surface area (Å²) in [5, 5.41) is 13.3. The van der Waals surface area contributed by atoms with Crippen molar-refractivity contribution in [2.45, 2.75) is 20.5 Å². The van der Waals surface area contributed by atoms with Crippen LogP contribution in [0.2, 0.25) is 0 Å². The highest BCUT2D eigenvalue weighted by atomic mass is 79.9. The van der Waals surface area contributed by atoms with Crippen LogP contribution in [-0.4, -0.2) is 29.4 Å². The number of carbonyl (C=O) groups excluding carboxylic acids is 3. The van der Waals surface area contributed by atoms with Gasteiger partial charge in [-0.2, -0.15) is 0 Å². The first kappa shape index (κ1) is 26.6. The first-order chi connectivity index (χ1) is 18.2. The summed E-state index contributed by atoms with van der Waals surface area (Å²) in [6.45, 7) is 3.88. The average Bonchev–Trinajstić information content (AvgIpc) is 2.87. The number of nitro benzene ring substituents is 1. The predicted molar refractivity (Wildman–Crippen MR) is 143 cm³/mol. The zero-order valence-corrected chi connectivity index (χ0v) is 22.0. The van der Waals surface area contributed by atoms with Crippen molar-refractivity contribution >= 4 is 51.2 Å². The highest BCUT2D eigenvalue weighted by Crippen LogP contribution is 2.38. The van der Waals surface area contributed by atoms with E-state index in [4.69, 9.17) is 9.47 Å². The lowest BCUT2D eigenvalue weighted by molar-refractivity contribution is -0.384. The number of halogens is 1. The number of aryl methyl sites for hydroxylation is 1. The van der Waals surface area contributed by atoms with Gasteiger partial charge in [0.1, 0.15) is 12.2 Å². The Morgan fingerprint density at radius 3 is 2.53 bits per heavy atom. The van der Waals surface area contributed by atoms with Crippen molar-refractivity contribution in [3.8, 4) is 11.5 Å². The molecule has 0 radical (unpaired) electrons. The molecule has 1 aliphatic rings. The molecule has 1 heterocycles. The number of para-hydroxylation sites is 1. The van der Waals surface area contributed by atoms with E-state index in [-0.39, 0.29) is 17.9 Å². The Morgan fingerprint density at radius 1 is 1.05 bits per heavy atom. The lowest BCUT2D eigenvalue weighted by Gasteiger charge is -2.27. The second kappa shape index (κ2) is 11.3. The van der Waals surface area contributed by atoms with Crippen LogP contribution < -0.4 is 19.7 Å². The van der Waals surface area contributed by atoms with E-state index in [9.17, 15) is 24.5 Å². The van der Waals surface area contributed by atoms with E-state index in [1.54, 1.807) is 62.4 Å². The molecule has 3 aromatic carbocycles. The zero-order chi connectivity index (χ0) is 27.4. The van der Waals surface area contributed by atoms with Crippen molar-refractivity contribution in [1.29, 1.82) is 0 Å². The Morgan fingerprint density at radius 2 is 1.82 bits per heavy atom. The minimum Gasteiger partial charge on any atom is -0.490 e. The Balaban J connectivity index is 1.66. The monoisotopic (exact) mass is 579 g/mol. The molecule has 194 valence electrons. The van der Waals surface area contributed by atoms with Crippen LogP contribution >= 0.6 is 15.9 Å². The molecule has 1 aliphatic heterocycles. The molecule has 4 rings (SSSR count). The number of amides is 4. The van der Waals surface area contributed by atoms with Crippen molar-refractivity contribution in [2.24, 2.45) is 0 Å². The summed E-state index contributed by atoms with van der Waals surface area (Å²) < 4.78 is 12.1. The number of anilines is 1. The molecule has 4 amide bonds. The van der Waals surface area contributed by atoms with Crippen LogP contribution in [0.25, 0.3) is 6.08 Å². The SMILES string of the molecule is CCOc1cc(/C=C2\C(=O)NC(=O)N(c3ccccc3C)C2=O)cc(Br)c1OCc1cccc([N+](=O)[O-])c1. The van der Waals surface area contributed by atoms with Crippen LogP contribution in [0.3, 0.4) is 0 Å². The summed E-state index contributed by atoms with van der Waals surface area (Å²) >= 11 is 3.45. The number of urea groups is 1. The molecule has 38 heavy (non-hydrogen) atoms. The van der Waals surface area contributed by atoms with E-state index in [1.165, 1.54) is 18.2 Å². The molecule has 0 spiro atoms. The van der Waals surface area contributed by atoms with Gasteiger partial charge in [-0.15, -0.1) is 0 Å². The summed E-state index contributed by atoms with van der Waals surface area (Å²) in [7, 11) is 0. The molecule has 0 aromatic heterocycles. The summed E-state index contributed by atoms with van der Waals surface area (Å²) in [5.41, 5.74) is 1.81. The molecule has 1 saturated heterocycles. The molecule has 10 nitrogen and oxygen atoms in total. The maximum Gasteiger partial charge on any atom is 0.335 e. The second-order valence-corrected chi connectivity index (χ2v) is 9.08. The maximum atomic E-state index is 13.3. The Labute approximate surface area is 226 Å². The Kier molecular flexibility index (Phi) is 7.87. The summed E-state index contributed by atoms with van der Waals surface area (Å²) in [4.78, 5) is 49.9. The van der Waals surface area contributed by atoms with E-state index in [0.29, 0.717) is 45.0 Å². The molecule has 1 fully saturated rings. The van der Waals surface area contributed by atoms with Gasteiger partial charge in [0.05, 0.1) is 21.7 Å². The van der Waals surface area contributed by atoms with Gasteiger partial charge in [-0.3, -0.25) is 25.0 Å². The van der Waals surface area contributed by atoms with Crippen molar-refractivity contribution in [2.75, 3.05) is 11.5 Å². The lowest BCUT2D eigenvalue weighted by atomic mass is 10.1. The quantitative estimate of drug-likeness (QED) is 0.166. The first-order valence-electron chi connectivity index (χ1n) is 11.5. The summed E-state index contributed by atoms with van der Waals surface area (Å²) in [6.07, 6.45) is 1.37. The number of hydrogen-bond acceptors (Lipinski definition) is 7. The Bertz CT molecular complexity index is 1490. The van der Waals surface area contributed by atoms with Crippen LogP contribution in [-0.2, 0) is 16.2 Å². The normalized spacial score (nSPS) is 14.4. The van der Waals surface area contributed by atoms with Gasteiger partial charge in [0.15, 0.2) is 11.5 Å². The van der Waals surface area contributed by atoms with Crippen molar-refractivity contribution in [3.05, 3.63) is 97.5 Å². The maximum absolute atomic E-state index is 13.3. The number of nitro groups is 1. The average molecular weight is 580 g/mol. The lowest BCUT2D eigenvalue weighted by Crippen LogP contribution is -2.54. The van der Waals surface area contributed by atoms with Crippen molar-refractivity contribution in [1.82, 2.24) is 5.32 Å². The van der Waals surface area contributed by atoms with Crippen LogP contribution in [0.4, 0.5) is 16.2 Å². The zero-order valence-electron chi connectivity index (χ0n) is 20.4. The van der Waals surface area contributed by atoms with E-state index >= 15 is 0 Å². The number of rotatable bonds is 8. The number of ether oxygens (including phenoxy) is 2. The molecule has 3 aromatic rings. The smallest absolute Gasteiger partial charge is 0.335 e.